The number of ether oxygens (including phenoxy) is 2. The minimum atomic E-state index is 0.0260. The molecule has 3 aromatic rings. The van der Waals surface area contributed by atoms with Gasteiger partial charge < -0.3 is 25.0 Å². The van der Waals surface area contributed by atoms with Crippen molar-refractivity contribution in [3.05, 3.63) is 47.0 Å². The number of hydrogen-bond acceptors (Lipinski definition) is 5. The molecule has 3 aromatic carbocycles. The highest BCUT2D eigenvalue weighted by Crippen LogP contribution is 2.49. The Kier molecular flexibility index (Phi) is 4.79. The molecule has 2 unspecified atom stereocenters. The number of aryl methyl sites for hydroxylation is 1. The molecule has 0 spiro atoms. The third-order valence-corrected chi connectivity index (χ3v) is 5.79. The standard InChI is InChI=1S/C24H27NO4/c1-12-8-17-16(6-7-18(26)22(17)19(9-12)28-4)23-20(29-5)11-15-10-13(2)25-14(3)21(15)24(23)27/h6-9,11,13-14,25-27H,10H2,1-5H3. The molecule has 4 rings (SSSR count). The van der Waals surface area contributed by atoms with Crippen LogP contribution in [0.2, 0.25) is 0 Å². The average molecular weight is 393 g/mol. The molecule has 5 nitrogen and oxygen atoms in total. The summed E-state index contributed by atoms with van der Waals surface area (Å²) in [5, 5.41) is 26.8. The summed E-state index contributed by atoms with van der Waals surface area (Å²) in [7, 11) is 3.21. The van der Waals surface area contributed by atoms with Crippen molar-refractivity contribution in [2.24, 2.45) is 0 Å². The van der Waals surface area contributed by atoms with Crippen molar-refractivity contribution in [3.63, 3.8) is 0 Å². The van der Waals surface area contributed by atoms with Crippen LogP contribution in [0.1, 0.15) is 36.6 Å². The van der Waals surface area contributed by atoms with Crippen LogP contribution in [0.5, 0.6) is 23.0 Å². The van der Waals surface area contributed by atoms with Crippen LogP contribution in [-0.4, -0.2) is 30.5 Å². The fourth-order valence-electron chi connectivity index (χ4n) is 4.63. The van der Waals surface area contributed by atoms with E-state index < -0.39 is 0 Å². The maximum absolute atomic E-state index is 11.4. The monoisotopic (exact) mass is 393 g/mol. The van der Waals surface area contributed by atoms with Crippen LogP contribution >= 0.6 is 0 Å². The van der Waals surface area contributed by atoms with Crippen LogP contribution in [0.15, 0.2) is 30.3 Å². The third kappa shape index (κ3) is 3.06. The summed E-state index contributed by atoms with van der Waals surface area (Å²) < 4.78 is 11.2. The Morgan fingerprint density at radius 1 is 1.00 bits per heavy atom. The van der Waals surface area contributed by atoms with Crippen molar-refractivity contribution in [1.82, 2.24) is 5.32 Å². The van der Waals surface area contributed by atoms with Crippen molar-refractivity contribution in [3.8, 4) is 34.1 Å². The highest BCUT2D eigenvalue weighted by molar-refractivity contribution is 6.05. The first-order valence-electron chi connectivity index (χ1n) is 9.85. The maximum Gasteiger partial charge on any atom is 0.132 e. The molecule has 0 aliphatic carbocycles. The second kappa shape index (κ2) is 7.16. The number of fused-ring (bicyclic) bond motifs is 2. The van der Waals surface area contributed by atoms with E-state index in [1.54, 1.807) is 20.3 Å². The molecule has 2 atom stereocenters. The summed E-state index contributed by atoms with van der Waals surface area (Å²) in [6.45, 7) is 6.18. The van der Waals surface area contributed by atoms with Gasteiger partial charge in [0.1, 0.15) is 23.0 Å². The first-order valence-corrected chi connectivity index (χ1v) is 9.85. The van der Waals surface area contributed by atoms with E-state index in [1.807, 2.05) is 31.2 Å². The lowest BCUT2D eigenvalue weighted by Crippen LogP contribution is -2.36. The molecule has 1 aliphatic heterocycles. The van der Waals surface area contributed by atoms with E-state index in [2.05, 4.69) is 19.2 Å². The Morgan fingerprint density at radius 3 is 2.41 bits per heavy atom. The fraction of sp³-hybridized carbons (Fsp3) is 0.333. The molecule has 29 heavy (non-hydrogen) atoms. The van der Waals surface area contributed by atoms with Crippen LogP contribution in [0.3, 0.4) is 0 Å². The van der Waals surface area contributed by atoms with Gasteiger partial charge in [-0.2, -0.15) is 0 Å². The summed E-state index contributed by atoms with van der Waals surface area (Å²) in [4.78, 5) is 0. The molecule has 0 saturated carbocycles. The number of benzene rings is 3. The normalized spacial score (nSPS) is 18.5. The third-order valence-electron chi connectivity index (χ3n) is 5.79. The average Bonchev–Trinajstić information content (AvgIpc) is 2.67. The molecule has 0 aromatic heterocycles. The highest BCUT2D eigenvalue weighted by atomic mass is 16.5. The van der Waals surface area contributed by atoms with Crippen molar-refractivity contribution in [1.29, 1.82) is 0 Å². The van der Waals surface area contributed by atoms with E-state index >= 15 is 0 Å². The Bertz CT molecular complexity index is 1110. The quantitative estimate of drug-likeness (QED) is 0.594. The number of rotatable bonds is 3. The Hall–Kier alpha value is -2.92. The van der Waals surface area contributed by atoms with Gasteiger partial charge in [0.25, 0.3) is 0 Å². The zero-order valence-corrected chi connectivity index (χ0v) is 17.5. The van der Waals surface area contributed by atoms with Gasteiger partial charge in [-0.25, -0.2) is 0 Å². The van der Waals surface area contributed by atoms with Gasteiger partial charge in [-0.3, -0.25) is 0 Å². The number of aromatic hydroxyl groups is 2. The summed E-state index contributed by atoms with van der Waals surface area (Å²) in [5.41, 5.74) is 4.43. The first kappa shape index (κ1) is 19.4. The van der Waals surface area contributed by atoms with Gasteiger partial charge in [0.15, 0.2) is 0 Å². The minimum Gasteiger partial charge on any atom is -0.507 e. The molecule has 0 amide bonds. The van der Waals surface area contributed by atoms with E-state index in [9.17, 15) is 10.2 Å². The number of hydrogen-bond donors (Lipinski definition) is 3. The number of phenolic OH excluding ortho intramolecular Hbond substituents is 2. The van der Waals surface area contributed by atoms with Crippen molar-refractivity contribution in [2.45, 2.75) is 39.3 Å². The first-order chi connectivity index (χ1) is 13.8. The van der Waals surface area contributed by atoms with E-state index in [1.165, 1.54) is 0 Å². The molecule has 5 heteroatoms. The smallest absolute Gasteiger partial charge is 0.132 e. The van der Waals surface area contributed by atoms with Gasteiger partial charge >= 0.3 is 0 Å². The second-order valence-corrected chi connectivity index (χ2v) is 7.89. The molecule has 0 saturated heterocycles. The Morgan fingerprint density at radius 2 is 1.72 bits per heavy atom. The zero-order valence-electron chi connectivity index (χ0n) is 17.5. The Labute approximate surface area is 170 Å². The number of methoxy groups -OCH3 is 2. The molecule has 1 aliphatic rings. The van der Waals surface area contributed by atoms with E-state index in [0.29, 0.717) is 28.5 Å². The molecular weight excluding hydrogens is 366 g/mol. The lowest BCUT2D eigenvalue weighted by atomic mass is 9.85. The topological polar surface area (TPSA) is 71.0 Å². The SMILES string of the molecule is COc1cc2c(c(O)c1-c1ccc(O)c3c(OC)cc(C)cc13)C(C)NC(C)C2. The number of nitrogens with one attached hydrogen (secondary N) is 1. The van der Waals surface area contributed by atoms with Gasteiger partial charge in [-0.1, -0.05) is 6.07 Å². The second-order valence-electron chi connectivity index (χ2n) is 7.89. The van der Waals surface area contributed by atoms with Gasteiger partial charge in [0.05, 0.1) is 25.2 Å². The molecule has 152 valence electrons. The molecule has 0 radical (unpaired) electrons. The van der Waals surface area contributed by atoms with Crippen molar-refractivity contribution < 1.29 is 19.7 Å². The Balaban J connectivity index is 2.08. The molecule has 0 bridgehead atoms. The van der Waals surface area contributed by atoms with E-state index in [-0.39, 0.29) is 17.5 Å². The van der Waals surface area contributed by atoms with Crippen LogP contribution in [0, 0.1) is 6.92 Å². The minimum absolute atomic E-state index is 0.0260. The molecule has 1 heterocycles. The molecular formula is C24H27NO4. The number of phenols is 2. The van der Waals surface area contributed by atoms with Crippen LogP contribution in [0.4, 0.5) is 0 Å². The predicted molar refractivity (Wildman–Crippen MR) is 115 cm³/mol. The van der Waals surface area contributed by atoms with Crippen molar-refractivity contribution in [2.75, 3.05) is 14.2 Å². The van der Waals surface area contributed by atoms with Crippen molar-refractivity contribution >= 4 is 10.8 Å². The molecule has 0 fully saturated rings. The summed E-state index contributed by atoms with van der Waals surface area (Å²) in [6.07, 6.45) is 0.827. The molecule has 3 N–H and O–H groups in total. The summed E-state index contributed by atoms with van der Waals surface area (Å²) in [6, 6.07) is 9.73. The lowest BCUT2D eigenvalue weighted by molar-refractivity contribution is 0.390. The van der Waals surface area contributed by atoms with Gasteiger partial charge in [-0.05, 0) is 73.5 Å². The van der Waals surface area contributed by atoms with E-state index in [4.69, 9.17) is 9.47 Å². The lowest BCUT2D eigenvalue weighted by Gasteiger charge is -2.31. The van der Waals surface area contributed by atoms with Gasteiger partial charge in [-0.15, -0.1) is 0 Å². The summed E-state index contributed by atoms with van der Waals surface area (Å²) in [5.74, 6) is 1.58. The zero-order chi connectivity index (χ0) is 20.9. The van der Waals surface area contributed by atoms with Crippen LogP contribution in [0.25, 0.3) is 21.9 Å². The van der Waals surface area contributed by atoms with Gasteiger partial charge in [0.2, 0.25) is 0 Å². The van der Waals surface area contributed by atoms with Gasteiger partial charge in [0, 0.05) is 17.6 Å². The van der Waals surface area contributed by atoms with Crippen LogP contribution < -0.4 is 14.8 Å². The van der Waals surface area contributed by atoms with E-state index in [0.717, 1.165) is 34.1 Å². The fourth-order valence-corrected chi connectivity index (χ4v) is 4.63. The summed E-state index contributed by atoms with van der Waals surface area (Å²) >= 11 is 0. The highest BCUT2D eigenvalue weighted by Gasteiger charge is 2.29. The predicted octanol–water partition coefficient (Wildman–Crippen LogP) is 4.84. The largest absolute Gasteiger partial charge is 0.507 e. The maximum atomic E-state index is 11.4. The van der Waals surface area contributed by atoms with Crippen LogP contribution in [-0.2, 0) is 6.42 Å².